The van der Waals surface area contributed by atoms with Crippen molar-refractivity contribution in [2.45, 2.75) is 0 Å². The Bertz CT molecular complexity index is 1590. The van der Waals surface area contributed by atoms with Crippen LogP contribution in [-0.2, 0) is 0 Å². The van der Waals surface area contributed by atoms with E-state index in [0.29, 0.717) is 0 Å². The second-order valence-electron chi connectivity index (χ2n) is 7.51. The van der Waals surface area contributed by atoms with E-state index < -0.39 is 0 Å². The minimum atomic E-state index is 0.932. The lowest BCUT2D eigenvalue weighted by Gasteiger charge is -2.10. The Morgan fingerprint density at radius 2 is 1.39 bits per heavy atom. The average molecular weight is 462 g/mol. The summed E-state index contributed by atoms with van der Waals surface area (Å²) in [6, 6.07) is 29.3. The highest BCUT2D eigenvalue weighted by Gasteiger charge is 2.10. The van der Waals surface area contributed by atoms with Crippen molar-refractivity contribution in [1.29, 1.82) is 0 Å². The van der Waals surface area contributed by atoms with Gasteiger partial charge < -0.3 is 0 Å². The van der Waals surface area contributed by atoms with Gasteiger partial charge in [-0.15, -0.1) is 0 Å². The quantitative estimate of drug-likeness (QED) is 0.251. The zero-order valence-electron chi connectivity index (χ0n) is 16.5. The molecule has 6 rings (SSSR count). The van der Waals surface area contributed by atoms with Gasteiger partial charge in [-0.05, 0) is 53.6 Å². The number of aromatic nitrogens is 3. The predicted molar refractivity (Wildman–Crippen MR) is 131 cm³/mol. The lowest BCUT2D eigenvalue weighted by Crippen LogP contribution is -1.89. The lowest BCUT2D eigenvalue weighted by atomic mass is 9.96. The Hall–Kier alpha value is -3.63. The van der Waals surface area contributed by atoms with E-state index in [1.807, 2.05) is 36.7 Å². The van der Waals surface area contributed by atoms with E-state index in [-0.39, 0.29) is 0 Å². The summed E-state index contributed by atoms with van der Waals surface area (Å²) in [6.45, 7) is 0. The molecule has 3 heterocycles. The van der Waals surface area contributed by atoms with Gasteiger partial charge in [0, 0.05) is 38.6 Å². The summed E-state index contributed by atoms with van der Waals surface area (Å²) in [5.41, 5.74) is 7.23. The van der Waals surface area contributed by atoms with Gasteiger partial charge in [-0.25, -0.2) is 4.98 Å². The summed E-state index contributed by atoms with van der Waals surface area (Å²) < 4.78 is 1.06. The first-order valence-electron chi connectivity index (χ1n) is 10.1. The van der Waals surface area contributed by atoms with Crippen LogP contribution in [0.25, 0.3) is 55.1 Å². The topological polar surface area (TPSA) is 38.7 Å². The number of hydrogen-bond acceptors (Lipinski definition) is 3. The molecule has 0 atom stereocenters. The summed E-state index contributed by atoms with van der Waals surface area (Å²) in [5.74, 6) is 0. The molecule has 0 radical (unpaired) electrons. The fraction of sp³-hybridized carbons (Fsp3) is 0. The van der Waals surface area contributed by atoms with Gasteiger partial charge in [0.15, 0.2) is 0 Å². The van der Waals surface area contributed by atoms with Crippen LogP contribution in [-0.4, -0.2) is 15.0 Å². The molecule has 146 valence electrons. The standard InChI is InChI=1S/C27H16BrN3/c28-21-10-12-25-19(15-21)9-11-24(31-25)18-7-5-17(6-8-18)23-16-20-3-1-13-29-26(20)27-22(23)4-2-14-30-27/h1-16H. The molecule has 3 nitrogen and oxygen atoms in total. The molecule has 6 aromatic rings. The van der Waals surface area contributed by atoms with E-state index in [1.54, 1.807) is 0 Å². The summed E-state index contributed by atoms with van der Waals surface area (Å²) in [7, 11) is 0. The smallest absolute Gasteiger partial charge is 0.0970 e. The Morgan fingerprint density at radius 3 is 2.26 bits per heavy atom. The van der Waals surface area contributed by atoms with Crippen LogP contribution in [0.3, 0.4) is 0 Å². The first-order chi connectivity index (χ1) is 15.3. The Morgan fingerprint density at radius 1 is 0.613 bits per heavy atom. The van der Waals surface area contributed by atoms with E-state index in [2.05, 4.69) is 86.6 Å². The van der Waals surface area contributed by atoms with Crippen LogP contribution in [0.1, 0.15) is 0 Å². The summed E-state index contributed by atoms with van der Waals surface area (Å²) in [6.07, 6.45) is 3.65. The maximum absolute atomic E-state index is 4.84. The molecule has 0 saturated carbocycles. The van der Waals surface area contributed by atoms with Gasteiger partial charge in [-0.2, -0.15) is 0 Å². The van der Waals surface area contributed by atoms with Crippen LogP contribution in [0.4, 0.5) is 0 Å². The van der Waals surface area contributed by atoms with Crippen LogP contribution in [0.2, 0.25) is 0 Å². The molecule has 3 aromatic heterocycles. The van der Waals surface area contributed by atoms with Crippen molar-refractivity contribution in [3.63, 3.8) is 0 Å². The predicted octanol–water partition coefficient (Wildman–Crippen LogP) is 7.43. The molecule has 0 N–H and O–H groups in total. The number of hydrogen-bond donors (Lipinski definition) is 0. The maximum Gasteiger partial charge on any atom is 0.0970 e. The fourth-order valence-corrected chi connectivity index (χ4v) is 4.47. The molecule has 31 heavy (non-hydrogen) atoms. The molecule has 0 saturated heterocycles. The van der Waals surface area contributed by atoms with E-state index in [1.165, 1.54) is 0 Å². The monoisotopic (exact) mass is 461 g/mol. The van der Waals surface area contributed by atoms with Gasteiger partial charge in [0.05, 0.1) is 22.2 Å². The molecule has 0 fully saturated rings. The number of nitrogens with zero attached hydrogens (tertiary/aromatic N) is 3. The highest BCUT2D eigenvalue weighted by molar-refractivity contribution is 9.10. The summed E-state index contributed by atoms with van der Waals surface area (Å²) in [5, 5.41) is 3.32. The average Bonchev–Trinajstić information content (AvgIpc) is 2.83. The molecule has 0 amide bonds. The molecule has 0 unspecified atom stereocenters. The van der Waals surface area contributed by atoms with Gasteiger partial charge in [0.1, 0.15) is 0 Å². The first-order valence-corrected chi connectivity index (χ1v) is 10.9. The van der Waals surface area contributed by atoms with Crippen molar-refractivity contribution in [3.05, 3.63) is 102 Å². The number of pyridine rings is 3. The van der Waals surface area contributed by atoms with Crippen LogP contribution in [0.5, 0.6) is 0 Å². The van der Waals surface area contributed by atoms with Crippen molar-refractivity contribution in [1.82, 2.24) is 15.0 Å². The Labute approximate surface area is 187 Å². The van der Waals surface area contributed by atoms with E-state index in [9.17, 15) is 0 Å². The number of fused-ring (bicyclic) bond motifs is 4. The third kappa shape index (κ3) is 3.16. The van der Waals surface area contributed by atoms with Crippen molar-refractivity contribution in [2.75, 3.05) is 0 Å². The van der Waals surface area contributed by atoms with E-state index >= 15 is 0 Å². The maximum atomic E-state index is 4.84. The van der Waals surface area contributed by atoms with Gasteiger partial charge in [-0.1, -0.05) is 58.4 Å². The van der Waals surface area contributed by atoms with Crippen molar-refractivity contribution >= 4 is 48.6 Å². The highest BCUT2D eigenvalue weighted by Crippen LogP contribution is 2.34. The molecule has 3 aromatic carbocycles. The first kappa shape index (κ1) is 18.2. The second kappa shape index (κ2) is 7.25. The fourth-order valence-electron chi connectivity index (χ4n) is 4.09. The molecule has 0 spiro atoms. The van der Waals surface area contributed by atoms with Crippen LogP contribution in [0.15, 0.2) is 102 Å². The normalized spacial score (nSPS) is 11.4. The van der Waals surface area contributed by atoms with Gasteiger partial charge >= 0.3 is 0 Å². The highest BCUT2D eigenvalue weighted by atomic mass is 79.9. The largest absolute Gasteiger partial charge is 0.254 e. The second-order valence-corrected chi connectivity index (χ2v) is 8.43. The number of halogens is 1. The number of benzene rings is 3. The Balaban J connectivity index is 1.47. The third-order valence-electron chi connectivity index (χ3n) is 5.60. The van der Waals surface area contributed by atoms with Crippen molar-refractivity contribution < 1.29 is 0 Å². The number of rotatable bonds is 2. The molecule has 0 aliphatic rings. The van der Waals surface area contributed by atoms with Crippen LogP contribution < -0.4 is 0 Å². The van der Waals surface area contributed by atoms with Crippen molar-refractivity contribution in [2.24, 2.45) is 0 Å². The molecule has 0 aliphatic carbocycles. The zero-order valence-corrected chi connectivity index (χ0v) is 18.0. The van der Waals surface area contributed by atoms with E-state index in [4.69, 9.17) is 4.98 Å². The third-order valence-corrected chi connectivity index (χ3v) is 6.10. The van der Waals surface area contributed by atoms with Gasteiger partial charge in [-0.3, -0.25) is 9.97 Å². The van der Waals surface area contributed by atoms with Gasteiger partial charge in [0.2, 0.25) is 0 Å². The van der Waals surface area contributed by atoms with Crippen LogP contribution >= 0.6 is 15.9 Å². The Kier molecular flexibility index (Phi) is 4.25. The molecule has 0 bridgehead atoms. The molecular formula is C27H16BrN3. The van der Waals surface area contributed by atoms with E-state index in [0.717, 1.165) is 59.6 Å². The molecular weight excluding hydrogens is 446 g/mol. The van der Waals surface area contributed by atoms with Crippen LogP contribution in [0, 0.1) is 0 Å². The van der Waals surface area contributed by atoms with Crippen molar-refractivity contribution in [3.8, 4) is 22.4 Å². The molecule has 0 aliphatic heterocycles. The summed E-state index contributed by atoms with van der Waals surface area (Å²) >= 11 is 3.52. The summed E-state index contributed by atoms with van der Waals surface area (Å²) in [4.78, 5) is 14.0. The minimum Gasteiger partial charge on any atom is -0.254 e. The lowest BCUT2D eigenvalue weighted by molar-refractivity contribution is 1.37. The zero-order chi connectivity index (χ0) is 20.8. The SMILES string of the molecule is Brc1ccc2nc(-c3ccc(-c4cc5cccnc5c5ncccc45)cc3)ccc2c1. The minimum absolute atomic E-state index is 0.932. The van der Waals surface area contributed by atoms with Gasteiger partial charge in [0.25, 0.3) is 0 Å². The molecule has 4 heteroatoms.